The second kappa shape index (κ2) is 6.50. The van der Waals surface area contributed by atoms with Gasteiger partial charge in [0.25, 0.3) is 5.91 Å². The molecule has 134 valence electrons. The summed E-state index contributed by atoms with van der Waals surface area (Å²) in [5.41, 5.74) is 2.02. The highest BCUT2D eigenvalue weighted by Crippen LogP contribution is 2.20. The second-order valence-corrected chi connectivity index (χ2v) is 7.74. The van der Waals surface area contributed by atoms with Gasteiger partial charge < -0.3 is 14.8 Å². The molecule has 0 aliphatic carbocycles. The summed E-state index contributed by atoms with van der Waals surface area (Å²) in [4.78, 5) is 36.6. The topological polar surface area (TPSA) is 69.3 Å². The third kappa shape index (κ3) is 3.67. The Morgan fingerprint density at radius 1 is 1.08 bits per heavy atom. The number of aromatic amines is 1. The molecule has 2 aromatic rings. The first-order valence-electron chi connectivity index (χ1n) is 8.81. The number of benzene rings is 1. The van der Waals surface area contributed by atoms with Crippen LogP contribution in [0, 0.1) is 12.3 Å². The minimum absolute atomic E-state index is 0.0132. The Morgan fingerprint density at radius 2 is 1.76 bits per heavy atom. The number of aryl methyl sites for hydroxylation is 1. The number of hydrogen-bond donors (Lipinski definition) is 1. The van der Waals surface area contributed by atoms with E-state index in [0.29, 0.717) is 31.7 Å². The maximum atomic E-state index is 12.9. The van der Waals surface area contributed by atoms with Gasteiger partial charge >= 0.3 is 0 Å². The highest BCUT2D eigenvalue weighted by Gasteiger charge is 2.29. The number of carbonyl (C=O) groups excluding carboxylic acids is 2. The van der Waals surface area contributed by atoms with Crippen LogP contribution in [0.1, 0.15) is 43.4 Å². The highest BCUT2D eigenvalue weighted by molar-refractivity contribution is 5.97. The van der Waals surface area contributed by atoms with Crippen molar-refractivity contribution >= 4 is 22.8 Å². The van der Waals surface area contributed by atoms with E-state index in [1.807, 2.05) is 55.7 Å². The Balaban J connectivity index is 1.73. The van der Waals surface area contributed by atoms with Crippen LogP contribution in [0.25, 0.3) is 11.0 Å². The van der Waals surface area contributed by atoms with Gasteiger partial charge in [0.1, 0.15) is 5.82 Å². The van der Waals surface area contributed by atoms with E-state index in [2.05, 4.69) is 9.97 Å². The molecule has 1 aromatic carbocycles. The quantitative estimate of drug-likeness (QED) is 0.866. The molecule has 0 atom stereocenters. The van der Waals surface area contributed by atoms with Gasteiger partial charge in [-0.15, -0.1) is 0 Å². The summed E-state index contributed by atoms with van der Waals surface area (Å²) in [7, 11) is 0. The number of aromatic nitrogens is 2. The fourth-order valence-corrected chi connectivity index (χ4v) is 3.25. The number of rotatable bonds is 1. The van der Waals surface area contributed by atoms with Crippen molar-refractivity contribution in [3.05, 3.63) is 29.6 Å². The van der Waals surface area contributed by atoms with Crippen molar-refractivity contribution < 1.29 is 9.59 Å². The average Bonchev–Trinajstić information content (AvgIpc) is 2.76. The minimum atomic E-state index is -0.386. The van der Waals surface area contributed by atoms with E-state index in [0.717, 1.165) is 23.3 Å². The lowest BCUT2D eigenvalue weighted by atomic mass is 9.94. The molecule has 25 heavy (non-hydrogen) atoms. The summed E-state index contributed by atoms with van der Waals surface area (Å²) >= 11 is 0. The van der Waals surface area contributed by atoms with Crippen molar-refractivity contribution in [2.75, 3.05) is 26.2 Å². The van der Waals surface area contributed by atoms with Gasteiger partial charge in [0.15, 0.2) is 0 Å². The molecule has 1 aliphatic rings. The molecule has 0 spiro atoms. The van der Waals surface area contributed by atoms with E-state index in [1.54, 1.807) is 0 Å². The van der Waals surface area contributed by atoms with E-state index >= 15 is 0 Å². The van der Waals surface area contributed by atoms with Crippen LogP contribution in [0.3, 0.4) is 0 Å². The predicted octanol–water partition coefficient (Wildman–Crippen LogP) is 2.59. The normalized spacial score (nSPS) is 16.2. The lowest BCUT2D eigenvalue weighted by Gasteiger charge is -2.28. The number of amides is 2. The molecule has 0 radical (unpaired) electrons. The van der Waals surface area contributed by atoms with E-state index in [1.165, 1.54) is 0 Å². The number of carbonyl (C=O) groups is 2. The average molecular weight is 342 g/mol. The zero-order chi connectivity index (χ0) is 18.2. The van der Waals surface area contributed by atoms with E-state index in [9.17, 15) is 9.59 Å². The van der Waals surface area contributed by atoms with Crippen LogP contribution in [0.2, 0.25) is 0 Å². The Kier molecular flexibility index (Phi) is 4.54. The van der Waals surface area contributed by atoms with Crippen LogP contribution in [0.15, 0.2) is 18.2 Å². The third-order valence-electron chi connectivity index (χ3n) is 4.56. The van der Waals surface area contributed by atoms with Crippen molar-refractivity contribution in [1.82, 2.24) is 19.8 Å². The molecule has 3 rings (SSSR count). The molecule has 6 heteroatoms. The van der Waals surface area contributed by atoms with Crippen LogP contribution < -0.4 is 0 Å². The van der Waals surface area contributed by atoms with Gasteiger partial charge in [-0.05, 0) is 31.5 Å². The summed E-state index contributed by atoms with van der Waals surface area (Å²) in [5, 5.41) is 0. The fourth-order valence-electron chi connectivity index (χ4n) is 3.25. The molecule has 1 saturated heterocycles. The van der Waals surface area contributed by atoms with Gasteiger partial charge in [0.2, 0.25) is 5.91 Å². The van der Waals surface area contributed by atoms with Gasteiger partial charge in [0, 0.05) is 37.2 Å². The minimum Gasteiger partial charge on any atom is -0.342 e. The molecule has 0 bridgehead atoms. The zero-order valence-electron chi connectivity index (χ0n) is 15.4. The lowest BCUT2D eigenvalue weighted by Crippen LogP contribution is -2.42. The number of H-pyrrole nitrogens is 1. The number of fused-ring (bicyclic) bond motifs is 1. The van der Waals surface area contributed by atoms with Crippen molar-refractivity contribution in [3.8, 4) is 0 Å². The van der Waals surface area contributed by atoms with E-state index in [4.69, 9.17) is 0 Å². The highest BCUT2D eigenvalue weighted by atomic mass is 16.2. The molecule has 0 unspecified atom stereocenters. The largest absolute Gasteiger partial charge is 0.342 e. The first-order chi connectivity index (χ1) is 11.8. The number of nitrogens with zero attached hydrogens (tertiary/aromatic N) is 3. The van der Waals surface area contributed by atoms with Gasteiger partial charge in [-0.3, -0.25) is 9.59 Å². The summed E-state index contributed by atoms with van der Waals surface area (Å²) in [6.45, 7) is 10.2. The number of nitrogens with one attached hydrogen (secondary N) is 1. The molecule has 2 amide bonds. The van der Waals surface area contributed by atoms with Gasteiger partial charge in [-0.25, -0.2) is 4.98 Å². The van der Waals surface area contributed by atoms with Gasteiger partial charge in [-0.2, -0.15) is 0 Å². The van der Waals surface area contributed by atoms with Crippen LogP contribution in [0.5, 0.6) is 0 Å². The van der Waals surface area contributed by atoms with Crippen molar-refractivity contribution in [3.63, 3.8) is 0 Å². The molecule has 1 N–H and O–H groups in total. The van der Waals surface area contributed by atoms with Crippen molar-refractivity contribution in [2.24, 2.45) is 5.41 Å². The van der Waals surface area contributed by atoms with E-state index < -0.39 is 0 Å². The smallest absolute Gasteiger partial charge is 0.253 e. The molecule has 0 saturated carbocycles. The molecule has 6 nitrogen and oxygen atoms in total. The van der Waals surface area contributed by atoms with Gasteiger partial charge in [-0.1, -0.05) is 20.8 Å². The predicted molar refractivity (Wildman–Crippen MR) is 97.4 cm³/mol. The molecular formula is C19H26N4O2. The van der Waals surface area contributed by atoms with Crippen LogP contribution in [-0.2, 0) is 4.79 Å². The molecule has 1 aliphatic heterocycles. The zero-order valence-corrected chi connectivity index (χ0v) is 15.4. The molecule has 1 aromatic heterocycles. The van der Waals surface area contributed by atoms with Gasteiger partial charge in [0.05, 0.1) is 11.0 Å². The first-order valence-corrected chi connectivity index (χ1v) is 8.81. The second-order valence-electron chi connectivity index (χ2n) is 7.74. The molecule has 1 fully saturated rings. The van der Waals surface area contributed by atoms with Crippen molar-refractivity contribution in [2.45, 2.75) is 34.1 Å². The standard InChI is InChI=1S/C19H26N4O2/c1-13-20-15-7-6-14(12-16(15)21-13)17(24)22-8-5-9-23(11-10-22)18(25)19(2,3)4/h6-7,12H,5,8-11H2,1-4H3,(H,20,21). The first kappa shape index (κ1) is 17.5. The molecule has 2 heterocycles. The number of hydrogen-bond acceptors (Lipinski definition) is 3. The summed E-state index contributed by atoms with van der Waals surface area (Å²) in [5.74, 6) is 1.00. The maximum absolute atomic E-state index is 12.9. The summed E-state index contributed by atoms with van der Waals surface area (Å²) in [6, 6.07) is 5.56. The third-order valence-corrected chi connectivity index (χ3v) is 4.56. The fraction of sp³-hybridized carbons (Fsp3) is 0.526. The molecular weight excluding hydrogens is 316 g/mol. The van der Waals surface area contributed by atoms with Crippen LogP contribution in [0.4, 0.5) is 0 Å². The Labute approximate surface area is 148 Å². The van der Waals surface area contributed by atoms with Crippen LogP contribution >= 0.6 is 0 Å². The Morgan fingerprint density at radius 3 is 2.48 bits per heavy atom. The Bertz CT molecular complexity index is 803. The summed E-state index contributed by atoms with van der Waals surface area (Å²) < 4.78 is 0. The van der Waals surface area contributed by atoms with Crippen LogP contribution in [-0.4, -0.2) is 57.8 Å². The maximum Gasteiger partial charge on any atom is 0.253 e. The monoisotopic (exact) mass is 342 g/mol. The van der Waals surface area contributed by atoms with Crippen molar-refractivity contribution in [1.29, 1.82) is 0 Å². The summed E-state index contributed by atoms with van der Waals surface area (Å²) in [6.07, 6.45) is 0.805. The van der Waals surface area contributed by atoms with E-state index in [-0.39, 0.29) is 17.2 Å². The lowest BCUT2D eigenvalue weighted by molar-refractivity contribution is -0.139. The SMILES string of the molecule is Cc1nc2ccc(C(=O)N3CCCN(C(=O)C(C)(C)C)CC3)cc2[nH]1. The Hall–Kier alpha value is -2.37. The number of imidazole rings is 1.